The van der Waals surface area contributed by atoms with Crippen molar-refractivity contribution in [3.8, 4) is 0 Å². The first kappa shape index (κ1) is 17.3. The number of amides is 1. The minimum atomic E-state index is -0.585. The van der Waals surface area contributed by atoms with E-state index >= 15 is 0 Å². The van der Waals surface area contributed by atoms with Crippen molar-refractivity contribution in [2.24, 2.45) is 0 Å². The zero-order valence-electron chi connectivity index (χ0n) is 15.1. The van der Waals surface area contributed by atoms with Crippen LogP contribution in [0.4, 0.5) is 0 Å². The molecule has 1 atom stereocenters. The van der Waals surface area contributed by atoms with Crippen LogP contribution in [0, 0.1) is 0 Å². The van der Waals surface area contributed by atoms with E-state index < -0.39 is 5.41 Å². The molecule has 1 N–H and O–H groups in total. The second kappa shape index (κ2) is 7.60. The summed E-state index contributed by atoms with van der Waals surface area (Å²) in [5.74, 6) is 0.127. The predicted molar refractivity (Wildman–Crippen MR) is 102 cm³/mol. The van der Waals surface area contributed by atoms with Gasteiger partial charge in [0.25, 0.3) is 0 Å². The number of rotatable bonds is 5. The Hall–Kier alpha value is -2.17. The van der Waals surface area contributed by atoms with Crippen LogP contribution in [0.5, 0.6) is 0 Å². The molecule has 4 nitrogen and oxygen atoms in total. The molecular weight excluding hydrogens is 324 g/mol. The molecule has 2 aliphatic rings. The maximum absolute atomic E-state index is 13.2. The van der Waals surface area contributed by atoms with Gasteiger partial charge in [0.15, 0.2) is 0 Å². The molecule has 2 saturated heterocycles. The topological polar surface area (TPSA) is 41.6 Å². The van der Waals surface area contributed by atoms with Gasteiger partial charge in [0.1, 0.15) is 5.41 Å². The fraction of sp³-hybridized carbons (Fsp3) is 0.409. The lowest BCUT2D eigenvalue weighted by atomic mass is 9.72. The van der Waals surface area contributed by atoms with Crippen molar-refractivity contribution in [1.82, 2.24) is 10.2 Å². The summed E-state index contributed by atoms with van der Waals surface area (Å²) < 4.78 is 5.43. The number of hydrogen-bond donors (Lipinski definition) is 1. The van der Waals surface area contributed by atoms with E-state index in [1.807, 2.05) is 36.4 Å². The number of nitrogens with one attached hydrogen (secondary N) is 1. The normalized spacial score (nSPS) is 22.9. The summed E-state index contributed by atoms with van der Waals surface area (Å²) in [6, 6.07) is 20.6. The largest absolute Gasteiger partial charge is 0.379 e. The van der Waals surface area contributed by atoms with Crippen LogP contribution in [-0.4, -0.2) is 49.7 Å². The zero-order valence-corrected chi connectivity index (χ0v) is 15.1. The van der Waals surface area contributed by atoms with Crippen molar-refractivity contribution in [1.29, 1.82) is 0 Å². The quantitative estimate of drug-likeness (QED) is 0.901. The number of nitrogens with zero attached hydrogens (tertiary/aromatic N) is 1. The van der Waals surface area contributed by atoms with Crippen LogP contribution in [0.1, 0.15) is 24.0 Å². The van der Waals surface area contributed by atoms with E-state index in [4.69, 9.17) is 4.74 Å². The van der Waals surface area contributed by atoms with Gasteiger partial charge in [0.05, 0.1) is 13.2 Å². The minimum absolute atomic E-state index is 0.127. The van der Waals surface area contributed by atoms with E-state index in [-0.39, 0.29) is 11.9 Å². The van der Waals surface area contributed by atoms with Gasteiger partial charge in [0, 0.05) is 25.7 Å². The maximum Gasteiger partial charge on any atom is 0.235 e. The summed E-state index contributed by atoms with van der Waals surface area (Å²) in [4.78, 5) is 15.6. The smallest absolute Gasteiger partial charge is 0.235 e. The average molecular weight is 350 g/mol. The molecule has 4 rings (SSSR count). The van der Waals surface area contributed by atoms with Crippen molar-refractivity contribution in [3.05, 3.63) is 71.8 Å². The average Bonchev–Trinajstić information content (AvgIpc) is 3.06. The van der Waals surface area contributed by atoms with Crippen molar-refractivity contribution in [2.75, 3.05) is 32.8 Å². The van der Waals surface area contributed by atoms with E-state index in [1.54, 1.807) is 0 Å². The molecule has 2 aliphatic heterocycles. The van der Waals surface area contributed by atoms with Crippen LogP contribution in [0.15, 0.2) is 60.7 Å². The summed E-state index contributed by atoms with van der Waals surface area (Å²) in [6.07, 6.45) is 1.79. The fourth-order valence-corrected chi connectivity index (χ4v) is 4.27. The zero-order chi connectivity index (χ0) is 17.8. The number of hydrogen-bond acceptors (Lipinski definition) is 3. The SMILES string of the molecule is O=C1NC(CCN2CCOCC2)CC1(c1ccccc1)c1ccccc1. The first-order valence-corrected chi connectivity index (χ1v) is 9.51. The lowest BCUT2D eigenvalue weighted by Crippen LogP contribution is -2.39. The number of morpholine rings is 1. The van der Waals surface area contributed by atoms with Gasteiger partial charge in [-0.15, -0.1) is 0 Å². The summed E-state index contributed by atoms with van der Waals surface area (Å²) in [5, 5.41) is 3.28. The monoisotopic (exact) mass is 350 g/mol. The van der Waals surface area contributed by atoms with Gasteiger partial charge in [-0.2, -0.15) is 0 Å². The van der Waals surface area contributed by atoms with Gasteiger partial charge in [-0.3, -0.25) is 9.69 Å². The Kier molecular flexibility index (Phi) is 5.05. The number of carbonyl (C=O) groups is 1. The lowest BCUT2D eigenvalue weighted by molar-refractivity contribution is -0.122. The summed E-state index contributed by atoms with van der Waals surface area (Å²) in [7, 11) is 0. The van der Waals surface area contributed by atoms with Crippen LogP contribution in [0.3, 0.4) is 0 Å². The van der Waals surface area contributed by atoms with Crippen molar-refractivity contribution >= 4 is 5.91 Å². The lowest BCUT2D eigenvalue weighted by Gasteiger charge is -2.29. The van der Waals surface area contributed by atoms with Crippen LogP contribution in [0.25, 0.3) is 0 Å². The highest BCUT2D eigenvalue weighted by Gasteiger charge is 2.49. The Morgan fingerprint density at radius 2 is 1.54 bits per heavy atom. The maximum atomic E-state index is 13.2. The Morgan fingerprint density at radius 1 is 0.962 bits per heavy atom. The number of carbonyl (C=O) groups excluding carboxylic acids is 1. The van der Waals surface area contributed by atoms with Gasteiger partial charge >= 0.3 is 0 Å². The molecule has 0 aromatic heterocycles. The first-order valence-electron chi connectivity index (χ1n) is 9.51. The van der Waals surface area contributed by atoms with Crippen LogP contribution in [-0.2, 0) is 14.9 Å². The highest BCUT2D eigenvalue weighted by atomic mass is 16.5. The van der Waals surface area contributed by atoms with E-state index in [1.165, 1.54) is 0 Å². The van der Waals surface area contributed by atoms with Gasteiger partial charge in [-0.05, 0) is 24.0 Å². The Balaban J connectivity index is 1.57. The highest BCUT2D eigenvalue weighted by molar-refractivity contribution is 5.94. The molecule has 0 radical (unpaired) electrons. The number of ether oxygens (including phenoxy) is 1. The summed E-state index contributed by atoms with van der Waals surface area (Å²) in [6.45, 7) is 4.62. The fourth-order valence-electron chi connectivity index (χ4n) is 4.27. The molecule has 2 aromatic rings. The van der Waals surface area contributed by atoms with Gasteiger partial charge in [-0.1, -0.05) is 60.7 Å². The minimum Gasteiger partial charge on any atom is -0.379 e. The second-order valence-electron chi connectivity index (χ2n) is 7.25. The van der Waals surface area contributed by atoms with Crippen LogP contribution in [0.2, 0.25) is 0 Å². The second-order valence-corrected chi connectivity index (χ2v) is 7.25. The molecule has 2 aromatic carbocycles. The summed E-state index contributed by atoms with van der Waals surface area (Å²) >= 11 is 0. The van der Waals surface area contributed by atoms with Gasteiger partial charge in [0.2, 0.25) is 5.91 Å². The first-order chi connectivity index (χ1) is 12.8. The van der Waals surface area contributed by atoms with Gasteiger partial charge in [-0.25, -0.2) is 0 Å². The molecule has 0 aliphatic carbocycles. The van der Waals surface area contributed by atoms with E-state index in [0.29, 0.717) is 0 Å². The molecule has 0 spiro atoms. The van der Waals surface area contributed by atoms with E-state index in [0.717, 1.165) is 56.8 Å². The van der Waals surface area contributed by atoms with Crippen molar-refractivity contribution in [3.63, 3.8) is 0 Å². The van der Waals surface area contributed by atoms with Crippen molar-refractivity contribution < 1.29 is 9.53 Å². The third-order valence-corrected chi connectivity index (χ3v) is 5.71. The van der Waals surface area contributed by atoms with E-state index in [2.05, 4.69) is 34.5 Å². The van der Waals surface area contributed by atoms with Crippen LogP contribution < -0.4 is 5.32 Å². The Labute approximate surface area is 155 Å². The highest BCUT2D eigenvalue weighted by Crippen LogP contribution is 2.41. The standard InChI is InChI=1S/C22H26N2O2/c25-21-22(18-7-3-1-4-8-18,19-9-5-2-6-10-19)17-20(23-21)11-12-24-13-15-26-16-14-24/h1-10,20H,11-17H2,(H,23,25). The molecule has 1 unspecified atom stereocenters. The third kappa shape index (κ3) is 3.27. The molecular formula is C22H26N2O2. The molecule has 136 valence electrons. The molecule has 2 fully saturated rings. The number of benzene rings is 2. The molecule has 0 bridgehead atoms. The summed E-state index contributed by atoms with van der Waals surface area (Å²) in [5.41, 5.74) is 1.58. The van der Waals surface area contributed by atoms with Crippen molar-refractivity contribution in [2.45, 2.75) is 24.3 Å². The van der Waals surface area contributed by atoms with E-state index in [9.17, 15) is 4.79 Å². The molecule has 1 amide bonds. The molecule has 4 heteroatoms. The van der Waals surface area contributed by atoms with Gasteiger partial charge < -0.3 is 10.1 Å². The third-order valence-electron chi connectivity index (χ3n) is 5.71. The predicted octanol–water partition coefficient (Wildman–Crippen LogP) is 2.58. The Morgan fingerprint density at radius 3 is 2.12 bits per heavy atom. The molecule has 2 heterocycles. The Bertz CT molecular complexity index is 687. The molecule has 0 saturated carbocycles. The van der Waals surface area contributed by atoms with Crippen LogP contribution >= 0.6 is 0 Å². The molecule has 26 heavy (non-hydrogen) atoms.